The van der Waals surface area contributed by atoms with E-state index in [1.165, 1.54) is 0 Å². The highest BCUT2D eigenvalue weighted by Gasteiger charge is 2.27. The topological polar surface area (TPSA) is 59.2 Å². The first-order valence-corrected chi connectivity index (χ1v) is 7.91. The normalized spacial score (nSPS) is 18.1. The summed E-state index contributed by atoms with van der Waals surface area (Å²) in [6.45, 7) is 10.6. The molecule has 3 rings (SSSR count). The average Bonchev–Trinajstić information content (AvgIpc) is 3.09. The Balaban J connectivity index is 1.80. The van der Waals surface area contributed by atoms with Crippen molar-refractivity contribution in [3.05, 3.63) is 11.9 Å². The molecule has 0 spiro atoms. The molecule has 0 N–H and O–H groups in total. The maximum atomic E-state index is 12.8. The monoisotopic (exact) mass is 304 g/mol. The number of carbonyl (C=O) groups is 1. The van der Waals surface area contributed by atoms with Crippen LogP contribution in [0.15, 0.2) is 6.20 Å². The fourth-order valence-corrected chi connectivity index (χ4v) is 3.21. The predicted molar refractivity (Wildman–Crippen MR) is 84.6 cm³/mol. The summed E-state index contributed by atoms with van der Waals surface area (Å²) in [5, 5.41) is 8.83. The van der Waals surface area contributed by atoms with Crippen molar-refractivity contribution >= 4 is 16.9 Å². The van der Waals surface area contributed by atoms with E-state index in [1.807, 2.05) is 35.2 Å². The van der Waals surface area contributed by atoms with Gasteiger partial charge in [0.15, 0.2) is 0 Å². The van der Waals surface area contributed by atoms with Gasteiger partial charge in [-0.1, -0.05) is 6.92 Å². The maximum absolute atomic E-state index is 12.8. The Bertz CT molecular complexity index is 680. The van der Waals surface area contributed by atoms with Crippen molar-refractivity contribution < 1.29 is 4.79 Å². The molecule has 22 heavy (non-hydrogen) atoms. The van der Waals surface area contributed by atoms with E-state index in [4.69, 9.17) is 0 Å². The number of piperazine rings is 1. The summed E-state index contributed by atoms with van der Waals surface area (Å²) in [5.74, 6) is 0.143. The van der Waals surface area contributed by atoms with Crippen LogP contribution in [-0.2, 0) is 11.8 Å². The van der Waals surface area contributed by atoms with Crippen LogP contribution in [0, 0.1) is 6.92 Å². The van der Waals surface area contributed by atoms with Crippen molar-refractivity contribution in [1.29, 1.82) is 0 Å². The molecule has 120 valence electrons. The van der Waals surface area contributed by atoms with Crippen LogP contribution in [0.4, 0.5) is 0 Å². The van der Waals surface area contributed by atoms with Gasteiger partial charge in [0.05, 0.1) is 11.9 Å². The molecular formula is C15H24N6O. The van der Waals surface area contributed by atoms with Crippen LogP contribution in [0.2, 0.25) is 0 Å². The summed E-state index contributed by atoms with van der Waals surface area (Å²) in [5.41, 5.74) is 2.83. The van der Waals surface area contributed by atoms with Gasteiger partial charge in [-0.15, -0.1) is 0 Å². The van der Waals surface area contributed by atoms with E-state index < -0.39 is 0 Å². The molecule has 7 heteroatoms. The zero-order valence-electron chi connectivity index (χ0n) is 13.8. The number of likely N-dealkylation sites (N-methyl/N-ethyl adjacent to an activating group) is 1. The van der Waals surface area contributed by atoms with Crippen molar-refractivity contribution in [3.8, 4) is 0 Å². The minimum atomic E-state index is -0.298. The third kappa shape index (κ3) is 2.39. The van der Waals surface area contributed by atoms with Crippen molar-refractivity contribution in [2.24, 2.45) is 7.05 Å². The molecule has 1 saturated heterocycles. The van der Waals surface area contributed by atoms with Gasteiger partial charge in [-0.3, -0.25) is 9.48 Å². The Morgan fingerprint density at radius 2 is 2.00 bits per heavy atom. The smallest absolute Gasteiger partial charge is 0.247 e. The van der Waals surface area contributed by atoms with Crippen LogP contribution >= 0.6 is 0 Å². The molecule has 2 aromatic rings. The van der Waals surface area contributed by atoms with E-state index in [-0.39, 0.29) is 11.9 Å². The van der Waals surface area contributed by atoms with Crippen molar-refractivity contribution in [3.63, 3.8) is 0 Å². The van der Waals surface area contributed by atoms with Crippen LogP contribution in [-0.4, -0.2) is 68.0 Å². The summed E-state index contributed by atoms with van der Waals surface area (Å²) in [7, 11) is 1.90. The fraction of sp³-hybridized carbons (Fsp3) is 0.667. The first-order chi connectivity index (χ1) is 10.5. The molecular weight excluding hydrogens is 280 g/mol. The highest BCUT2D eigenvalue weighted by Crippen LogP contribution is 2.22. The number of aromatic nitrogens is 4. The number of carbonyl (C=O) groups excluding carboxylic acids is 1. The SMILES string of the molecule is CCN1CCN(C(=O)C(C)n2ncc3c2c(C)nn3C)CC1. The Labute approximate surface area is 130 Å². The van der Waals surface area contributed by atoms with E-state index in [2.05, 4.69) is 22.0 Å². The zero-order valence-corrected chi connectivity index (χ0v) is 13.8. The Kier molecular flexibility index (Phi) is 3.90. The van der Waals surface area contributed by atoms with Crippen molar-refractivity contribution in [2.45, 2.75) is 26.8 Å². The molecule has 1 unspecified atom stereocenters. The number of hydrogen-bond acceptors (Lipinski definition) is 4. The number of fused-ring (bicyclic) bond motifs is 1. The standard InChI is InChI=1S/C15H24N6O/c1-5-19-6-8-20(9-7-19)15(22)12(3)21-14-11(2)17-18(4)13(14)10-16-21/h10,12H,5-9H2,1-4H3. The third-order valence-electron chi connectivity index (χ3n) is 4.62. The fourth-order valence-electron chi connectivity index (χ4n) is 3.21. The van der Waals surface area contributed by atoms with Gasteiger partial charge in [-0.05, 0) is 20.4 Å². The van der Waals surface area contributed by atoms with E-state index in [0.29, 0.717) is 0 Å². The maximum Gasteiger partial charge on any atom is 0.247 e. The second kappa shape index (κ2) is 5.72. The highest BCUT2D eigenvalue weighted by molar-refractivity contribution is 5.84. The molecule has 0 aromatic carbocycles. The quantitative estimate of drug-likeness (QED) is 0.842. The highest BCUT2D eigenvalue weighted by atomic mass is 16.2. The number of aryl methyl sites for hydroxylation is 2. The lowest BCUT2D eigenvalue weighted by atomic mass is 10.2. The molecule has 2 aromatic heterocycles. The lowest BCUT2D eigenvalue weighted by molar-refractivity contribution is -0.136. The Hall–Kier alpha value is -1.89. The second-order valence-electron chi connectivity index (χ2n) is 5.97. The summed E-state index contributed by atoms with van der Waals surface area (Å²) in [6.07, 6.45) is 1.79. The molecule has 1 aliphatic heterocycles. The summed E-state index contributed by atoms with van der Waals surface area (Å²) in [6, 6.07) is -0.298. The third-order valence-corrected chi connectivity index (χ3v) is 4.62. The largest absolute Gasteiger partial charge is 0.338 e. The van der Waals surface area contributed by atoms with Crippen molar-refractivity contribution in [1.82, 2.24) is 29.4 Å². The molecule has 0 saturated carbocycles. The van der Waals surface area contributed by atoms with Gasteiger partial charge < -0.3 is 9.80 Å². The number of hydrogen-bond donors (Lipinski definition) is 0. The predicted octanol–water partition coefficient (Wildman–Crippen LogP) is 0.803. The van der Waals surface area contributed by atoms with E-state index in [9.17, 15) is 4.79 Å². The first-order valence-electron chi connectivity index (χ1n) is 7.91. The minimum absolute atomic E-state index is 0.143. The molecule has 1 fully saturated rings. The van der Waals surface area contributed by atoms with Gasteiger partial charge in [-0.25, -0.2) is 4.68 Å². The molecule has 3 heterocycles. The molecule has 1 atom stereocenters. The molecule has 0 radical (unpaired) electrons. The van der Waals surface area contributed by atoms with Gasteiger partial charge in [0.2, 0.25) is 5.91 Å². The summed E-state index contributed by atoms with van der Waals surface area (Å²) >= 11 is 0. The van der Waals surface area contributed by atoms with Crippen LogP contribution in [0.5, 0.6) is 0 Å². The minimum Gasteiger partial charge on any atom is -0.338 e. The van der Waals surface area contributed by atoms with Gasteiger partial charge in [0, 0.05) is 33.2 Å². The van der Waals surface area contributed by atoms with E-state index >= 15 is 0 Å². The van der Waals surface area contributed by atoms with E-state index in [0.717, 1.165) is 49.5 Å². The van der Waals surface area contributed by atoms with E-state index in [1.54, 1.807) is 6.20 Å². The lowest BCUT2D eigenvalue weighted by Crippen LogP contribution is -2.50. The number of rotatable bonds is 3. The van der Waals surface area contributed by atoms with Crippen LogP contribution in [0.1, 0.15) is 25.6 Å². The van der Waals surface area contributed by atoms with Crippen molar-refractivity contribution in [2.75, 3.05) is 32.7 Å². The summed E-state index contributed by atoms with van der Waals surface area (Å²) < 4.78 is 3.62. The molecule has 0 aliphatic carbocycles. The zero-order chi connectivity index (χ0) is 15.9. The van der Waals surface area contributed by atoms with Gasteiger partial charge in [0.1, 0.15) is 17.1 Å². The second-order valence-corrected chi connectivity index (χ2v) is 5.97. The van der Waals surface area contributed by atoms with Gasteiger partial charge in [0.25, 0.3) is 0 Å². The van der Waals surface area contributed by atoms with Crippen LogP contribution < -0.4 is 0 Å². The van der Waals surface area contributed by atoms with Gasteiger partial charge in [-0.2, -0.15) is 10.2 Å². The molecule has 7 nitrogen and oxygen atoms in total. The van der Waals surface area contributed by atoms with Crippen LogP contribution in [0.3, 0.4) is 0 Å². The molecule has 1 aliphatic rings. The molecule has 0 bridgehead atoms. The van der Waals surface area contributed by atoms with Gasteiger partial charge >= 0.3 is 0 Å². The first kappa shape index (κ1) is 15.0. The Morgan fingerprint density at radius 3 is 2.64 bits per heavy atom. The lowest BCUT2D eigenvalue weighted by Gasteiger charge is -2.35. The number of nitrogens with zero attached hydrogens (tertiary/aromatic N) is 6. The summed E-state index contributed by atoms with van der Waals surface area (Å²) in [4.78, 5) is 17.1. The van der Waals surface area contributed by atoms with Crippen LogP contribution in [0.25, 0.3) is 11.0 Å². The Morgan fingerprint density at radius 1 is 1.32 bits per heavy atom. The molecule has 1 amide bonds. The average molecular weight is 304 g/mol. The number of amides is 1.